The number of hydrogen-bond acceptors (Lipinski definition) is 6. The van der Waals surface area contributed by atoms with Crippen molar-refractivity contribution in [1.29, 1.82) is 0 Å². The van der Waals surface area contributed by atoms with Gasteiger partial charge in [0, 0.05) is 51.9 Å². The minimum atomic E-state index is -3.63. The molecule has 0 atom stereocenters. The molecule has 170 valence electrons. The Bertz CT molecular complexity index is 943. The van der Waals surface area contributed by atoms with Crippen LogP contribution in [0, 0.1) is 0 Å². The lowest BCUT2D eigenvalue weighted by atomic mass is 10.2. The molecule has 2 fully saturated rings. The van der Waals surface area contributed by atoms with Crippen LogP contribution >= 0.6 is 0 Å². The summed E-state index contributed by atoms with van der Waals surface area (Å²) in [6, 6.07) is 5.86. The lowest BCUT2D eigenvalue weighted by Gasteiger charge is -2.33. The molecule has 0 aromatic heterocycles. The maximum absolute atomic E-state index is 12.9. The molecular formula is C20H29N5O5S. The van der Waals surface area contributed by atoms with Gasteiger partial charge in [-0.15, -0.1) is 0 Å². The number of sulfonamides is 1. The molecule has 1 N–H and O–H groups in total. The molecule has 3 rings (SSSR count). The first-order valence-electron chi connectivity index (χ1n) is 10.4. The van der Waals surface area contributed by atoms with Crippen LogP contribution < -0.4 is 5.32 Å². The first-order chi connectivity index (χ1) is 14.7. The van der Waals surface area contributed by atoms with Gasteiger partial charge in [0.15, 0.2) is 0 Å². The average Bonchev–Trinajstić information content (AvgIpc) is 3.00. The molecule has 0 unspecified atom stereocenters. The van der Waals surface area contributed by atoms with Gasteiger partial charge in [-0.2, -0.15) is 4.31 Å². The van der Waals surface area contributed by atoms with Gasteiger partial charge < -0.3 is 15.1 Å². The standard InChI is InChI=1S/C20H29N5O5S/c1-3-23-10-12-24(13-11-23)31(29,30)17-7-4-6-16(14-17)21-18(26)8-5-9-25-19(27)15-22(2)20(25)28/h4,6-7,14H,3,5,8-13,15H2,1-2H3,(H,21,26). The number of anilines is 1. The number of rotatable bonds is 8. The first-order valence-corrected chi connectivity index (χ1v) is 11.8. The number of hydrogen-bond donors (Lipinski definition) is 1. The molecule has 0 saturated carbocycles. The van der Waals surface area contributed by atoms with E-state index in [9.17, 15) is 22.8 Å². The van der Waals surface area contributed by atoms with Crippen molar-refractivity contribution in [3.63, 3.8) is 0 Å². The highest BCUT2D eigenvalue weighted by Gasteiger charge is 2.33. The normalized spacial score (nSPS) is 18.6. The molecule has 4 amide bonds. The van der Waals surface area contributed by atoms with Crippen LogP contribution in [0.3, 0.4) is 0 Å². The largest absolute Gasteiger partial charge is 0.326 e. The monoisotopic (exact) mass is 451 g/mol. The maximum atomic E-state index is 12.9. The van der Waals surface area contributed by atoms with Crippen LogP contribution in [0.2, 0.25) is 0 Å². The molecule has 2 saturated heterocycles. The van der Waals surface area contributed by atoms with E-state index in [1.807, 2.05) is 0 Å². The summed E-state index contributed by atoms with van der Waals surface area (Å²) in [4.78, 5) is 40.7. The van der Waals surface area contributed by atoms with Crippen LogP contribution in [0.25, 0.3) is 0 Å². The number of carbonyl (C=O) groups is 3. The van der Waals surface area contributed by atoms with Crippen molar-refractivity contribution >= 4 is 33.6 Å². The topological polar surface area (TPSA) is 110 Å². The Labute approximate surface area is 182 Å². The quantitative estimate of drug-likeness (QED) is 0.581. The molecule has 2 aliphatic heterocycles. The number of benzene rings is 1. The Kier molecular flexibility index (Phi) is 7.29. The summed E-state index contributed by atoms with van der Waals surface area (Å²) in [6.45, 7) is 5.45. The van der Waals surface area contributed by atoms with Crippen LogP contribution in [0.15, 0.2) is 29.2 Å². The molecule has 1 aromatic rings. The van der Waals surface area contributed by atoms with Gasteiger partial charge in [-0.05, 0) is 31.2 Å². The van der Waals surface area contributed by atoms with E-state index in [0.29, 0.717) is 38.3 Å². The summed E-state index contributed by atoms with van der Waals surface area (Å²) < 4.78 is 27.4. The summed E-state index contributed by atoms with van der Waals surface area (Å²) in [7, 11) is -2.08. The van der Waals surface area contributed by atoms with Crippen molar-refractivity contribution in [2.75, 3.05) is 58.2 Å². The minimum absolute atomic E-state index is 0.0553. The van der Waals surface area contributed by atoms with Crippen molar-refractivity contribution in [1.82, 2.24) is 19.0 Å². The van der Waals surface area contributed by atoms with Crippen molar-refractivity contribution in [3.05, 3.63) is 24.3 Å². The van der Waals surface area contributed by atoms with Gasteiger partial charge in [0.05, 0.1) is 4.90 Å². The highest BCUT2D eigenvalue weighted by Crippen LogP contribution is 2.21. The highest BCUT2D eigenvalue weighted by atomic mass is 32.2. The molecule has 2 aliphatic rings. The summed E-state index contributed by atoms with van der Waals surface area (Å²) in [5.41, 5.74) is 0.395. The second-order valence-corrected chi connectivity index (χ2v) is 9.64. The molecule has 10 nitrogen and oxygen atoms in total. The van der Waals surface area contributed by atoms with Gasteiger partial charge in [0.25, 0.3) is 0 Å². The van der Waals surface area contributed by atoms with E-state index >= 15 is 0 Å². The summed E-state index contributed by atoms with van der Waals surface area (Å²) in [5.74, 6) is -0.579. The fourth-order valence-corrected chi connectivity index (χ4v) is 5.15. The number of likely N-dealkylation sites (N-methyl/N-ethyl adjacent to an activating group) is 2. The number of piperazine rings is 1. The molecule has 11 heteroatoms. The minimum Gasteiger partial charge on any atom is -0.326 e. The van der Waals surface area contributed by atoms with Crippen molar-refractivity contribution in [3.8, 4) is 0 Å². The van der Waals surface area contributed by atoms with E-state index in [-0.39, 0.29) is 42.3 Å². The zero-order chi connectivity index (χ0) is 22.6. The SMILES string of the molecule is CCN1CCN(S(=O)(=O)c2cccc(NC(=O)CCCN3C(=O)CN(C)C3=O)c2)CC1. The highest BCUT2D eigenvalue weighted by molar-refractivity contribution is 7.89. The maximum Gasteiger partial charge on any atom is 0.326 e. The molecule has 0 bridgehead atoms. The Morgan fingerprint density at radius 1 is 1.13 bits per heavy atom. The van der Waals surface area contributed by atoms with Crippen LogP contribution in [-0.4, -0.2) is 98.1 Å². The smallest absolute Gasteiger partial charge is 0.326 e. The molecular weight excluding hydrogens is 422 g/mol. The molecule has 31 heavy (non-hydrogen) atoms. The zero-order valence-corrected chi connectivity index (χ0v) is 18.7. The van der Waals surface area contributed by atoms with Gasteiger partial charge in [-0.3, -0.25) is 14.5 Å². The van der Waals surface area contributed by atoms with Gasteiger partial charge in [0.2, 0.25) is 21.8 Å². The zero-order valence-electron chi connectivity index (χ0n) is 17.9. The van der Waals surface area contributed by atoms with Gasteiger partial charge >= 0.3 is 6.03 Å². The van der Waals surface area contributed by atoms with Crippen LogP contribution in [-0.2, 0) is 19.6 Å². The van der Waals surface area contributed by atoms with E-state index in [1.165, 1.54) is 21.3 Å². The van der Waals surface area contributed by atoms with E-state index in [1.54, 1.807) is 19.2 Å². The van der Waals surface area contributed by atoms with E-state index in [2.05, 4.69) is 17.1 Å². The molecule has 0 radical (unpaired) electrons. The Morgan fingerprint density at radius 2 is 1.84 bits per heavy atom. The molecule has 0 aliphatic carbocycles. The summed E-state index contributed by atoms with van der Waals surface area (Å²) in [5, 5.41) is 2.70. The van der Waals surface area contributed by atoms with Crippen LogP contribution in [0.1, 0.15) is 19.8 Å². The first kappa shape index (κ1) is 23.2. The Morgan fingerprint density at radius 3 is 2.45 bits per heavy atom. The third-order valence-electron chi connectivity index (χ3n) is 5.55. The second-order valence-electron chi connectivity index (χ2n) is 7.70. The van der Waals surface area contributed by atoms with Gasteiger partial charge in [-0.1, -0.05) is 13.0 Å². The third kappa shape index (κ3) is 5.41. The number of imide groups is 1. The van der Waals surface area contributed by atoms with Crippen LogP contribution in [0.4, 0.5) is 10.5 Å². The van der Waals surface area contributed by atoms with Crippen molar-refractivity contribution in [2.45, 2.75) is 24.7 Å². The van der Waals surface area contributed by atoms with Gasteiger partial charge in [-0.25, -0.2) is 13.2 Å². The van der Waals surface area contributed by atoms with E-state index < -0.39 is 10.0 Å². The summed E-state index contributed by atoms with van der Waals surface area (Å²) >= 11 is 0. The average molecular weight is 452 g/mol. The molecule has 1 aromatic carbocycles. The number of carbonyl (C=O) groups excluding carboxylic acids is 3. The second kappa shape index (κ2) is 9.75. The van der Waals surface area contributed by atoms with E-state index in [0.717, 1.165) is 11.4 Å². The Balaban J connectivity index is 1.54. The lowest BCUT2D eigenvalue weighted by Crippen LogP contribution is -2.48. The summed E-state index contributed by atoms with van der Waals surface area (Å²) in [6.07, 6.45) is 0.438. The lowest BCUT2D eigenvalue weighted by molar-refractivity contribution is -0.125. The van der Waals surface area contributed by atoms with Crippen molar-refractivity contribution in [2.24, 2.45) is 0 Å². The van der Waals surface area contributed by atoms with E-state index in [4.69, 9.17) is 0 Å². The predicted octanol–water partition coefficient (Wildman–Crippen LogP) is 0.626. The molecule has 2 heterocycles. The molecule has 0 spiro atoms. The third-order valence-corrected chi connectivity index (χ3v) is 7.45. The number of amides is 4. The fourth-order valence-electron chi connectivity index (χ4n) is 3.68. The van der Waals surface area contributed by atoms with Gasteiger partial charge in [0.1, 0.15) is 6.54 Å². The predicted molar refractivity (Wildman–Crippen MR) is 115 cm³/mol. The van der Waals surface area contributed by atoms with Crippen molar-refractivity contribution < 1.29 is 22.8 Å². The Hall–Kier alpha value is -2.50. The van der Waals surface area contributed by atoms with Crippen LogP contribution in [0.5, 0.6) is 0 Å². The number of nitrogens with zero attached hydrogens (tertiary/aromatic N) is 4. The fraction of sp³-hybridized carbons (Fsp3) is 0.550. The number of nitrogens with one attached hydrogen (secondary N) is 1. The number of urea groups is 1.